The fraction of sp³-hybridized carbons (Fsp3) is 0.533. The number of carbonyl (C=O) groups is 1. The zero-order valence-corrected chi connectivity index (χ0v) is 14.2. The van der Waals surface area contributed by atoms with E-state index in [1.165, 1.54) is 24.5 Å². The zero-order valence-electron chi connectivity index (χ0n) is 13.4. The molecule has 1 rings (SSSR count). The second-order valence-electron chi connectivity index (χ2n) is 6.02. The molecule has 0 aliphatic heterocycles. The van der Waals surface area contributed by atoms with Gasteiger partial charge in [-0.3, -0.25) is 0 Å². The van der Waals surface area contributed by atoms with Crippen LogP contribution >= 0.6 is 0 Å². The molecule has 1 aromatic carbocycles. The lowest BCUT2D eigenvalue weighted by Gasteiger charge is -2.25. The Labute approximate surface area is 136 Å². The van der Waals surface area contributed by atoms with Gasteiger partial charge >= 0.3 is 12.3 Å². The monoisotopic (exact) mass is 351 g/mol. The highest BCUT2D eigenvalue weighted by Crippen LogP contribution is 2.35. The maximum absolute atomic E-state index is 13.1. The van der Waals surface area contributed by atoms with Crippen molar-refractivity contribution in [2.45, 2.75) is 38.6 Å². The number of amides is 1. The number of halogens is 3. The molecule has 0 aliphatic rings. The summed E-state index contributed by atoms with van der Waals surface area (Å²) >= 11 is -1.41. The molecule has 23 heavy (non-hydrogen) atoms. The van der Waals surface area contributed by atoms with Gasteiger partial charge in [0.1, 0.15) is 17.4 Å². The second kappa shape index (κ2) is 7.44. The average molecular weight is 351 g/mol. The topological polar surface area (TPSA) is 61.4 Å². The van der Waals surface area contributed by atoms with Crippen LogP contribution in [0, 0.1) is 0 Å². The van der Waals surface area contributed by atoms with E-state index in [1.54, 1.807) is 20.8 Å². The third-order valence-corrected chi connectivity index (χ3v) is 3.54. The van der Waals surface area contributed by atoms with E-state index >= 15 is 0 Å². The van der Waals surface area contributed by atoms with Crippen molar-refractivity contribution in [3.63, 3.8) is 0 Å². The minimum Gasteiger partial charge on any atom is -0.616 e. The highest BCUT2D eigenvalue weighted by atomic mass is 32.2. The quantitative estimate of drug-likeness (QED) is 0.843. The summed E-state index contributed by atoms with van der Waals surface area (Å²) in [6.45, 7) is 4.93. The first-order valence-corrected chi connectivity index (χ1v) is 8.58. The molecule has 0 saturated carbocycles. The number of hydrogen-bond donors (Lipinski definition) is 1. The summed E-state index contributed by atoms with van der Waals surface area (Å²) in [6, 6.07) is 3.83. The van der Waals surface area contributed by atoms with Crippen molar-refractivity contribution in [3.8, 4) is 0 Å². The highest BCUT2D eigenvalue weighted by Gasteiger charge is 2.36. The molecule has 2 unspecified atom stereocenters. The van der Waals surface area contributed by atoms with E-state index in [1.807, 2.05) is 0 Å². The Balaban J connectivity index is 3.11. The van der Waals surface area contributed by atoms with E-state index in [0.717, 1.165) is 6.07 Å². The maximum Gasteiger partial charge on any atom is 0.416 e. The van der Waals surface area contributed by atoms with Crippen LogP contribution < -0.4 is 5.32 Å². The lowest BCUT2D eigenvalue weighted by atomic mass is 10.0. The molecule has 1 N–H and O–H groups in total. The maximum atomic E-state index is 13.1. The lowest BCUT2D eigenvalue weighted by Crippen LogP contribution is -2.38. The Hall–Kier alpha value is -1.41. The van der Waals surface area contributed by atoms with E-state index in [2.05, 4.69) is 5.32 Å². The van der Waals surface area contributed by atoms with E-state index < -0.39 is 40.7 Å². The van der Waals surface area contributed by atoms with E-state index in [-0.39, 0.29) is 11.3 Å². The number of carbonyl (C=O) groups excluding carboxylic acids is 1. The van der Waals surface area contributed by atoms with Gasteiger partial charge in [0.15, 0.2) is 0 Å². The van der Waals surface area contributed by atoms with Gasteiger partial charge in [0.25, 0.3) is 0 Å². The van der Waals surface area contributed by atoms with Crippen molar-refractivity contribution in [2.75, 3.05) is 12.0 Å². The van der Waals surface area contributed by atoms with Crippen molar-refractivity contribution < 1.29 is 27.3 Å². The smallest absolute Gasteiger partial charge is 0.416 e. The molecule has 1 aromatic rings. The van der Waals surface area contributed by atoms with Crippen LogP contribution in [0.4, 0.5) is 18.0 Å². The molecule has 0 bridgehead atoms. The number of alkyl halides is 3. The summed E-state index contributed by atoms with van der Waals surface area (Å²) in [5.74, 6) is -0.146. The van der Waals surface area contributed by atoms with Crippen LogP contribution in [-0.4, -0.2) is 28.3 Å². The fourth-order valence-electron chi connectivity index (χ4n) is 1.95. The van der Waals surface area contributed by atoms with Gasteiger partial charge in [-0.1, -0.05) is 29.4 Å². The fourth-order valence-corrected chi connectivity index (χ4v) is 2.69. The number of alkyl carbamates (subject to hydrolysis) is 1. The van der Waals surface area contributed by atoms with Crippen LogP contribution in [0.25, 0.3) is 0 Å². The Morgan fingerprint density at radius 3 is 2.35 bits per heavy atom. The predicted octanol–water partition coefficient (Wildman–Crippen LogP) is 3.65. The van der Waals surface area contributed by atoms with Gasteiger partial charge in [0, 0.05) is 0 Å². The van der Waals surface area contributed by atoms with Gasteiger partial charge in [-0.15, -0.1) is 0 Å². The van der Waals surface area contributed by atoms with Crippen molar-refractivity contribution in [2.24, 2.45) is 0 Å². The SMILES string of the molecule is C[S+]([O-])CC(NC(=O)OC(C)(C)C)c1ccccc1C(F)(F)F. The molecule has 8 heteroatoms. The minimum absolute atomic E-state index is 0.138. The molecular weight excluding hydrogens is 331 g/mol. The van der Waals surface area contributed by atoms with Crippen molar-refractivity contribution in [3.05, 3.63) is 35.4 Å². The van der Waals surface area contributed by atoms with E-state index in [9.17, 15) is 22.5 Å². The number of ether oxygens (including phenoxy) is 1. The van der Waals surface area contributed by atoms with Gasteiger partial charge in [-0.2, -0.15) is 13.2 Å². The third-order valence-electron chi connectivity index (χ3n) is 2.73. The van der Waals surface area contributed by atoms with Crippen LogP contribution in [0.5, 0.6) is 0 Å². The second-order valence-corrected chi connectivity index (χ2v) is 7.50. The van der Waals surface area contributed by atoms with Crippen molar-refractivity contribution in [1.82, 2.24) is 5.32 Å². The number of rotatable bonds is 4. The van der Waals surface area contributed by atoms with E-state index in [0.29, 0.717) is 0 Å². The first-order valence-electron chi connectivity index (χ1n) is 6.86. The van der Waals surface area contributed by atoms with Gasteiger partial charge in [-0.05, 0) is 32.4 Å². The normalized spacial score (nSPS) is 15.0. The molecule has 0 aromatic heterocycles. The lowest BCUT2D eigenvalue weighted by molar-refractivity contribution is -0.138. The Bertz CT molecular complexity index is 542. The molecule has 0 aliphatic carbocycles. The third kappa shape index (κ3) is 6.70. The van der Waals surface area contributed by atoms with Crippen molar-refractivity contribution in [1.29, 1.82) is 0 Å². The first-order chi connectivity index (χ1) is 10.4. The summed E-state index contributed by atoms with van der Waals surface area (Å²) in [7, 11) is 0. The predicted molar refractivity (Wildman–Crippen MR) is 82.5 cm³/mol. The van der Waals surface area contributed by atoms with Gasteiger partial charge in [0.05, 0.1) is 11.8 Å². The van der Waals surface area contributed by atoms with Gasteiger partial charge in [-0.25, -0.2) is 4.79 Å². The zero-order chi connectivity index (χ0) is 17.8. The molecule has 1 amide bonds. The Morgan fingerprint density at radius 2 is 1.87 bits per heavy atom. The largest absolute Gasteiger partial charge is 0.616 e. The van der Waals surface area contributed by atoms with Crippen LogP contribution in [0.1, 0.15) is 37.9 Å². The summed E-state index contributed by atoms with van der Waals surface area (Å²) in [4.78, 5) is 11.9. The van der Waals surface area contributed by atoms with Crippen LogP contribution in [0.15, 0.2) is 24.3 Å². The summed E-state index contributed by atoms with van der Waals surface area (Å²) in [5, 5.41) is 2.38. The molecule has 0 radical (unpaired) electrons. The average Bonchev–Trinajstić information content (AvgIpc) is 2.34. The number of benzene rings is 1. The van der Waals surface area contributed by atoms with E-state index in [4.69, 9.17) is 4.74 Å². The van der Waals surface area contributed by atoms with Gasteiger partial charge in [0.2, 0.25) is 0 Å². The molecule has 0 heterocycles. The molecule has 0 fully saturated rings. The Kier molecular flexibility index (Phi) is 6.35. The Morgan fingerprint density at radius 1 is 1.30 bits per heavy atom. The van der Waals surface area contributed by atoms with Crippen LogP contribution in [0.2, 0.25) is 0 Å². The van der Waals surface area contributed by atoms with Crippen molar-refractivity contribution >= 4 is 17.3 Å². The molecule has 130 valence electrons. The molecule has 4 nitrogen and oxygen atoms in total. The molecule has 0 saturated heterocycles. The molecular formula is C15H20F3NO3S. The molecule has 0 spiro atoms. The van der Waals surface area contributed by atoms with Crippen LogP contribution in [-0.2, 0) is 22.1 Å². The summed E-state index contributed by atoms with van der Waals surface area (Å²) in [5.41, 5.74) is -1.80. The highest BCUT2D eigenvalue weighted by molar-refractivity contribution is 7.90. The standard InChI is InChI=1S/C15H20F3NO3S/c1-14(2,3)22-13(20)19-12(9-23(4)21)10-7-5-6-8-11(10)15(16,17)18/h5-8,12H,9H2,1-4H3,(H,19,20). The summed E-state index contributed by atoms with van der Waals surface area (Å²) < 4.78 is 56.0. The summed E-state index contributed by atoms with van der Waals surface area (Å²) in [6.07, 6.45) is -4.07. The van der Waals surface area contributed by atoms with Crippen LogP contribution in [0.3, 0.4) is 0 Å². The minimum atomic E-state index is -4.57. The number of hydrogen-bond acceptors (Lipinski definition) is 3. The first kappa shape index (κ1) is 19.6. The number of nitrogens with one attached hydrogen (secondary N) is 1. The van der Waals surface area contributed by atoms with Gasteiger partial charge < -0.3 is 14.6 Å². The molecule has 2 atom stereocenters.